The highest BCUT2D eigenvalue weighted by molar-refractivity contribution is 4.90. The quantitative estimate of drug-likeness (QED) is 0.592. The molecule has 1 heteroatoms. The molecule has 0 radical (unpaired) electrons. The van der Waals surface area contributed by atoms with Gasteiger partial charge in [0.2, 0.25) is 0 Å². The maximum absolute atomic E-state index is 2.90. The highest BCUT2D eigenvalue weighted by Crippen LogP contribution is 2.48. The van der Waals surface area contributed by atoms with Crippen molar-refractivity contribution in [1.82, 2.24) is 4.90 Å². The lowest BCUT2D eigenvalue weighted by molar-refractivity contribution is 0.0887. The lowest BCUT2D eigenvalue weighted by Gasteiger charge is -2.40. The number of piperidine rings is 1. The number of likely N-dealkylation sites (tertiary alicyclic amines) is 1. The van der Waals surface area contributed by atoms with Gasteiger partial charge in [-0.3, -0.25) is 0 Å². The molecule has 1 aliphatic heterocycles. The molecular weight excluding hydrogens is 266 g/mol. The lowest BCUT2D eigenvalue weighted by atomic mass is 9.76. The summed E-state index contributed by atoms with van der Waals surface area (Å²) >= 11 is 0. The lowest BCUT2D eigenvalue weighted by Crippen LogP contribution is -2.43. The first-order chi connectivity index (χ1) is 10.8. The van der Waals surface area contributed by atoms with Gasteiger partial charge in [0.05, 0.1) is 0 Å². The molecule has 2 aliphatic carbocycles. The van der Waals surface area contributed by atoms with E-state index in [4.69, 9.17) is 0 Å². The maximum Gasteiger partial charge on any atom is 0.00954 e. The number of nitrogens with zero attached hydrogens (tertiary/aromatic N) is 1. The third-order valence-electron chi connectivity index (χ3n) is 7.29. The third-order valence-corrected chi connectivity index (χ3v) is 7.29. The van der Waals surface area contributed by atoms with E-state index in [1.165, 1.54) is 64.5 Å². The molecule has 0 bridgehead atoms. The minimum absolute atomic E-state index is 0.894. The first-order valence-corrected chi connectivity index (χ1v) is 10.6. The van der Waals surface area contributed by atoms with Gasteiger partial charge in [-0.1, -0.05) is 39.5 Å². The normalized spacial score (nSPS) is 37.9. The molecule has 1 heterocycles. The van der Waals surface area contributed by atoms with Crippen molar-refractivity contribution in [3.63, 3.8) is 0 Å². The van der Waals surface area contributed by atoms with E-state index >= 15 is 0 Å². The van der Waals surface area contributed by atoms with E-state index < -0.39 is 0 Å². The average Bonchev–Trinajstić information content (AvgIpc) is 2.96. The Hall–Kier alpha value is -0.0400. The van der Waals surface area contributed by atoms with Crippen LogP contribution in [0.3, 0.4) is 0 Å². The minimum Gasteiger partial charge on any atom is -0.300 e. The van der Waals surface area contributed by atoms with E-state index in [-0.39, 0.29) is 0 Å². The molecule has 3 rings (SSSR count). The van der Waals surface area contributed by atoms with Crippen molar-refractivity contribution in [1.29, 1.82) is 0 Å². The number of rotatable bonds is 6. The molecule has 5 atom stereocenters. The molecule has 1 nitrogen and oxygen atoms in total. The second-order valence-corrected chi connectivity index (χ2v) is 8.64. The van der Waals surface area contributed by atoms with Crippen molar-refractivity contribution < 1.29 is 0 Å². The number of hydrogen-bond donors (Lipinski definition) is 0. The summed E-state index contributed by atoms with van der Waals surface area (Å²) in [6.45, 7) is 7.60. The van der Waals surface area contributed by atoms with Crippen LogP contribution < -0.4 is 0 Å². The number of fused-ring (bicyclic) bond motifs is 1. The predicted octanol–water partition coefficient (Wildman–Crippen LogP) is 5.88. The molecule has 0 amide bonds. The molecule has 0 spiro atoms. The van der Waals surface area contributed by atoms with Crippen molar-refractivity contribution >= 4 is 0 Å². The maximum atomic E-state index is 2.90. The van der Waals surface area contributed by atoms with Crippen molar-refractivity contribution in [3.05, 3.63) is 0 Å². The number of hydrogen-bond acceptors (Lipinski definition) is 1. The van der Waals surface area contributed by atoms with Crippen molar-refractivity contribution in [2.75, 3.05) is 13.1 Å². The fraction of sp³-hybridized carbons (Fsp3) is 1.00. The first-order valence-electron chi connectivity index (χ1n) is 10.6. The molecule has 2 saturated carbocycles. The Balaban J connectivity index is 1.55. The van der Waals surface area contributed by atoms with Crippen LogP contribution in [0.1, 0.15) is 90.9 Å². The molecule has 5 unspecified atom stereocenters. The molecule has 0 aromatic carbocycles. The van der Waals surface area contributed by atoms with Crippen LogP contribution in [-0.4, -0.2) is 24.0 Å². The van der Waals surface area contributed by atoms with Gasteiger partial charge in [-0.2, -0.15) is 0 Å². The second-order valence-electron chi connectivity index (χ2n) is 8.64. The van der Waals surface area contributed by atoms with Gasteiger partial charge >= 0.3 is 0 Å². The Morgan fingerprint density at radius 1 is 0.955 bits per heavy atom. The summed E-state index contributed by atoms with van der Waals surface area (Å²) in [5.74, 6) is 4.30. The summed E-state index contributed by atoms with van der Waals surface area (Å²) < 4.78 is 0. The Labute approximate surface area is 139 Å². The van der Waals surface area contributed by atoms with Crippen LogP contribution in [0.5, 0.6) is 0 Å². The Morgan fingerprint density at radius 2 is 1.82 bits per heavy atom. The van der Waals surface area contributed by atoms with Gasteiger partial charge in [0.1, 0.15) is 0 Å². The zero-order valence-electron chi connectivity index (χ0n) is 15.2. The zero-order valence-corrected chi connectivity index (χ0v) is 15.2. The summed E-state index contributed by atoms with van der Waals surface area (Å²) in [4.78, 5) is 2.90. The molecule has 3 fully saturated rings. The highest BCUT2D eigenvalue weighted by Gasteiger charge is 2.39. The Morgan fingerprint density at radius 3 is 2.64 bits per heavy atom. The second kappa shape index (κ2) is 8.18. The summed E-state index contributed by atoms with van der Waals surface area (Å²) in [7, 11) is 0. The molecule has 128 valence electrons. The highest BCUT2D eigenvalue weighted by atomic mass is 15.2. The van der Waals surface area contributed by atoms with Gasteiger partial charge in [0.15, 0.2) is 0 Å². The monoisotopic (exact) mass is 305 g/mol. The van der Waals surface area contributed by atoms with Crippen LogP contribution >= 0.6 is 0 Å². The summed E-state index contributed by atoms with van der Waals surface area (Å²) in [6.07, 6.45) is 18.0. The van der Waals surface area contributed by atoms with E-state index in [9.17, 15) is 0 Å². The van der Waals surface area contributed by atoms with Gasteiger partial charge in [-0.15, -0.1) is 0 Å². The SMILES string of the molecule is CCCC1CCCN(C(CC)CC2CCC3CCCCC32)C1. The fourth-order valence-electron chi connectivity index (χ4n) is 6.15. The van der Waals surface area contributed by atoms with Crippen LogP contribution in [-0.2, 0) is 0 Å². The van der Waals surface area contributed by atoms with Gasteiger partial charge in [-0.05, 0) is 81.6 Å². The van der Waals surface area contributed by atoms with E-state index in [1.54, 1.807) is 25.7 Å². The smallest absolute Gasteiger partial charge is 0.00954 e. The van der Waals surface area contributed by atoms with E-state index in [2.05, 4.69) is 18.7 Å². The summed E-state index contributed by atoms with van der Waals surface area (Å²) in [5.41, 5.74) is 0. The van der Waals surface area contributed by atoms with Crippen molar-refractivity contribution in [2.24, 2.45) is 23.7 Å². The van der Waals surface area contributed by atoms with Crippen LogP contribution in [0, 0.1) is 23.7 Å². The third kappa shape index (κ3) is 3.89. The molecular formula is C21H39N. The Kier molecular flexibility index (Phi) is 6.24. The largest absolute Gasteiger partial charge is 0.300 e. The minimum atomic E-state index is 0.894. The van der Waals surface area contributed by atoms with Gasteiger partial charge in [0, 0.05) is 12.6 Å². The van der Waals surface area contributed by atoms with Gasteiger partial charge < -0.3 is 4.90 Å². The molecule has 0 aromatic heterocycles. The van der Waals surface area contributed by atoms with Crippen molar-refractivity contribution in [2.45, 2.75) is 96.9 Å². The van der Waals surface area contributed by atoms with Crippen LogP contribution in [0.15, 0.2) is 0 Å². The predicted molar refractivity (Wildman–Crippen MR) is 96.1 cm³/mol. The van der Waals surface area contributed by atoms with Crippen LogP contribution in [0.2, 0.25) is 0 Å². The van der Waals surface area contributed by atoms with Crippen LogP contribution in [0.25, 0.3) is 0 Å². The van der Waals surface area contributed by atoms with E-state index in [0.29, 0.717) is 0 Å². The van der Waals surface area contributed by atoms with Crippen molar-refractivity contribution in [3.8, 4) is 0 Å². The fourth-order valence-corrected chi connectivity index (χ4v) is 6.15. The molecule has 1 saturated heterocycles. The van der Waals surface area contributed by atoms with Crippen LogP contribution in [0.4, 0.5) is 0 Å². The topological polar surface area (TPSA) is 3.24 Å². The zero-order chi connectivity index (χ0) is 15.4. The standard InChI is InChI=1S/C21H39N/c1-3-8-17-9-7-14-22(16-17)20(4-2)15-19-13-12-18-10-5-6-11-21(18)19/h17-21H,3-16H2,1-2H3. The summed E-state index contributed by atoms with van der Waals surface area (Å²) in [5, 5.41) is 0. The molecule has 0 N–H and O–H groups in total. The van der Waals surface area contributed by atoms with Gasteiger partial charge in [0.25, 0.3) is 0 Å². The van der Waals surface area contributed by atoms with E-state index in [1.807, 2.05) is 0 Å². The summed E-state index contributed by atoms with van der Waals surface area (Å²) in [6, 6.07) is 0.894. The molecule has 0 aromatic rings. The average molecular weight is 306 g/mol. The first kappa shape index (κ1) is 16.8. The van der Waals surface area contributed by atoms with E-state index in [0.717, 1.165) is 29.7 Å². The Bertz CT molecular complexity index is 324. The molecule has 22 heavy (non-hydrogen) atoms. The van der Waals surface area contributed by atoms with Gasteiger partial charge in [-0.25, -0.2) is 0 Å². The molecule has 3 aliphatic rings.